The van der Waals surface area contributed by atoms with Crippen LogP contribution in [-0.4, -0.2) is 52.4 Å². The summed E-state index contributed by atoms with van der Waals surface area (Å²) in [6, 6.07) is 25.0. The van der Waals surface area contributed by atoms with Gasteiger partial charge < -0.3 is 9.47 Å². The minimum Gasteiger partial charge on any atom is -0.462 e. The third-order valence-corrected chi connectivity index (χ3v) is 7.31. The van der Waals surface area contributed by atoms with Gasteiger partial charge in [0, 0.05) is 25.7 Å². The Morgan fingerprint density at radius 3 is 2.07 bits per heavy atom. The lowest BCUT2D eigenvalue weighted by atomic mass is 9.93. The molecule has 0 bridgehead atoms. The second-order valence-electron chi connectivity index (χ2n) is 10.5. The number of amidine groups is 1. The third kappa shape index (κ3) is 8.17. The van der Waals surface area contributed by atoms with Gasteiger partial charge in [0.25, 0.3) is 5.69 Å². The first-order chi connectivity index (χ1) is 21.3. The number of carbonyl (C=O) groups is 2. The highest BCUT2D eigenvalue weighted by Crippen LogP contribution is 2.40. The van der Waals surface area contributed by atoms with E-state index in [1.54, 1.807) is 19.9 Å². The van der Waals surface area contributed by atoms with Gasteiger partial charge in [-0.1, -0.05) is 86.1 Å². The van der Waals surface area contributed by atoms with Crippen molar-refractivity contribution in [1.29, 1.82) is 0 Å². The van der Waals surface area contributed by atoms with Crippen molar-refractivity contribution >= 4 is 23.6 Å². The first-order valence-electron chi connectivity index (χ1n) is 14.7. The lowest BCUT2D eigenvalue weighted by molar-refractivity contribution is -0.385. The van der Waals surface area contributed by atoms with Crippen LogP contribution in [0.4, 0.5) is 10.5 Å². The second-order valence-corrected chi connectivity index (χ2v) is 10.5. The molecule has 230 valence electrons. The molecule has 1 amide bonds. The Morgan fingerprint density at radius 2 is 1.48 bits per heavy atom. The zero-order valence-electron chi connectivity index (χ0n) is 25.3. The summed E-state index contributed by atoms with van der Waals surface area (Å²) < 4.78 is 11.3. The number of esters is 1. The number of aliphatic imine (C=N–C) groups is 1. The number of ether oxygens (including phenoxy) is 2. The Kier molecular flexibility index (Phi) is 11.4. The maximum atomic E-state index is 13.8. The van der Waals surface area contributed by atoms with E-state index < -0.39 is 23.0 Å². The van der Waals surface area contributed by atoms with Crippen molar-refractivity contribution in [3.05, 3.63) is 123 Å². The molecule has 0 saturated carbocycles. The SMILES string of the molecule is CCCCOC(=O)C1=C(C)N=C(C)N(C(=O)OCCN(Cc2ccccc2)Cc2ccccc2)C1c1ccccc1[N+](=O)[O-]. The van der Waals surface area contributed by atoms with Crippen molar-refractivity contribution in [2.24, 2.45) is 4.99 Å². The van der Waals surface area contributed by atoms with Gasteiger partial charge in [0.15, 0.2) is 0 Å². The molecule has 0 aliphatic carbocycles. The predicted octanol–water partition coefficient (Wildman–Crippen LogP) is 6.83. The lowest BCUT2D eigenvalue weighted by Crippen LogP contribution is -2.44. The zero-order valence-corrected chi connectivity index (χ0v) is 25.3. The molecule has 1 heterocycles. The van der Waals surface area contributed by atoms with E-state index in [4.69, 9.17) is 9.47 Å². The summed E-state index contributed by atoms with van der Waals surface area (Å²) in [5.41, 5.74) is 2.57. The topological polar surface area (TPSA) is 115 Å². The Balaban J connectivity index is 1.59. The fourth-order valence-corrected chi connectivity index (χ4v) is 5.16. The van der Waals surface area contributed by atoms with Crippen LogP contribution in [0.25, 0.3) is 0 Å². The summed E-state index contributed by atoms with van der Waals surface area (Å²) in [5.74, 6) is -0.420. The highest BCUT2D eigenvalue weighted by molar-refractivity contribution is 6.01. The van der Waals surface area contributed by atoms with Gasteiger partial charge in [-0.3, -0.25) is 19.9 Å². The van der Waals surface area contributed by atoms with Crippen LogP contribution in [0.1, 0.15) is 56.3 Å². The summed E-state index contributed by atoms with van der Waals surface area (Å²) in [6.07, 6.45) is 0.713. The quantitative estimate of drug-likeness (QED) is 0.0917. The number of amides is 1. The molecule has 1 aliphatic rings. The molecule has 1 aliphatic heterocycles. The van der Waals surface area contributed by atoms with Crippen LogP contribution in [-0.2, 0) is 27.4 Å². The lowest BCUT2D eigenvalue weighted by Gasteiger charge is -2.35. The first-order valence-corrected chi connectivity index (χ1v) is 14.7. The average molecular weight is 599 g/mol. The number of hydrogen-bond acceptors (Lipinski definition) is 8. The summed E-state index contributed by atoms with van der Waals surface area (Å²) in [6.45, 7) is 7.17. The zero-order chi connectivity index (χ0) is 31.5. The molecule has 10 nitrogen and oxygen atoms in total. The van der Waals surface area contributed by atoms with E-state index in [0.717, 1.165) is 17.5 Å². The highest BCUT2D eigenvalue weighted by atomic mass is 16.6. The predicted molar refractivity (Wildman–Crippen MR) is 168 cm³/mol. The van der Waals surface area contributed by atoms with Crippen LogP contribution in [0, 0.1) is 10.1 Å². The average Bonchev–Trinajstić information content (AvgIpc) is 3.01. The number of nitro groups is 1. The maximum Gasteiger partial charge on any atom is 0.416 e. The van der Waals surface area contributed by atoms with Crippen LogP contribution in [0.3, 0.4) is 0 Å². The minimum atomic E-state index is -1.15. The number of nitrogens with zero attached hydrogens (tertiary/aromatic N) is 4. The smallest absolute Gasteiger partial charge is 0.416 e. The molecule has 1 unspecified atom stereocenters. The van der Waals surface area contributed by atoms with E-state index in [9.17, 15) is 19.7 Å². The molecule has 44 heavy (non-hydrogen) atoms. The molecule has 0 saturated heterocycles. The van der Waals surface area contributed by atoms with Gasteiger partial charge in [0.1, 0.15) is 18.5 Å². The summed E-state index contributed by atoms with van der Waals surface area (Å²) >= 11 is 0. The van der Waals surface area contributed by atoms with Crippen LogP contribution in [0.2, 0.25) is 0 Å². The normalized spacial score (nSPS) is 14.8. The Morgan fingerprint density at radius 1 is 0.886 bits per heavy atom. The Labute approximate surface area is 257 Å². The number of rotatable bonds is 13. The largest absolute Gasteiger partial charge is 0.462 e. The first kappa shape index (κ1) is 32.1. The molecule has 0 radical (unpaired) electrons. The summed E-state index contributed by atoms with van der Waals surface area (Å²) in [4.78, 5) is 46.5. The molecule has 10 heteroatoms. The molecule has 3 aromatic rings. The number of allylic oxidation sites excluding steroid dienone is 1. The van der Waals surface area contributed by atoms with Crippen LogP contribution in [0.5, 0.6) is 0 Å². The Bertz CT molecular complexity index is 1460. The Hall–Kier alpha value is -4.83. The van der Waals surface area contributed by atoms with E-state index in [0.29, 0.717) is 31.8 Å². The van der Waals surface area contributed by atoms with E-state index in [-0.39, 0.29) is 35.9 Å². The van der Waals surface area contributed by atoms with Crippen LogP contribution in [0.15, 0.2) is 101 Å². The summed E-state index contributed by atoms with van der Waals surface area (Å²) in [5, 5.41) is 12.0. The number of carbonyl (C=O) groups excluding carboxylic acids is 2. The van der Waals surface area contributed by atoms with Crippen molar-refractivity contribution in [1.82, 2.24) is 9.80 Å². The van der Waals surface area contributed by atoms with Gasteiger partial charge in [0.05, 0.1) is 28.4 Å². The number of hydrogen-bond donors (Lipinski definition) is 0. The van der Waals surface area contributed by atoms with Gasteiger partial charge in [-0.15, -0.1) is 0 Å². The number of para-hydroxylation sites is 1. The maximum absolute atomic E-state index is 13.8. The van der Waals surface area contributed by atoms with E-state index in [1.807, 2.05) is 67.6 Å². The van der Waals surface area contributed by atoms with Crippen molar-refractivity contribution in [3.63, 3.8) is 0 Å². The minimum absolute atomic E-state index is 0.0465. The van der Waals surface area contributed by atoms with E-state index in [2.05, 4.69) is 9.89 Å². The van der Waals surface area contributed by atoms with E-state index >= 15 is 0 Å². The number of benzene rings is 3. The van der Waals surface area contributed by atoms with Crippen molar-refractivity contribution in [2.75, 3.05) is 19.8 Å². The molecule has 4 rings (SSSR count). The van der Waals surface area contributed by atoms with Gasteiger partial charge in [-0.05, 0) is 37.5 Å². The van der Waals surface area contributed by atoms with Gasteiger partial charge in [0.2, 0.25) is 0 Å². The molecular weight excluding hydrogens is 560 g/mol. The van der Waals surface area contributed by atoms with Crippen molar-refractivity contribution in [2.45, 2.75) is 52.7 Å². The van der Waals surface area contributed by atoms with E-state index in [1.165, 1.54) is 23.1 Å². The molecule has 0 fully saturated rings. The molecule has 0 N–H and O–H groups in total. The van der Waals surface area contributed by atoms with Crippen LogP contribution < -0.4 is 0 Å². The van der Waals surface area contributed by atoms with Gasteiger partial charge in [-0.25, -0.2) is 14.6 Å². The van der Waals surface area contributed by atoms with Gasteiger partial charge >= 0.3 is 12.1 Å². The highest BCUT2D eigenvalue weighted by Gasteiger charge is 2.42. The monoisotopic (exact) mass is 598 g/mol. The standard InChI is InChI=1S/C34H38N4O6/c1-4-5-21-43-33(39)31-25(2)35-26(3)37(32(31)29-18-12-13-19-30(29)38(41)42)34(40)44-22-20-36(23-27-14-8-6-9-15-27)24-28-16-10-7-11-17-28/h6-19,32H,4-5,20-24H2,1-3H3. The van der Waals surface area contributed by atoms with Crippen molar-refractivity contribution in [3.8, 4) is 0 Å². The molecule has 0 spiro atoms. The molecule has 1 atom stereocenters. The fourth-order valence-electron chi connectivity index (χ4n) is 5.16. The second kappa shape index (κ2) is 15.6. The molecule has 3 aromatic carbocycles. The number of nitro benzene ring substituents is 1. The van der Waals surface area contributed by atoms with Gasteiger partial charge in [-0.2, -0.15) is 0 Å². The van der Waals surface area contributed by atoms with Crippen molar-refractivity contribution < 1.29 is 24.0 Å². The van der Waals surface area contributed by atoms with Crippen LogP contribution >= 0.6 is 0 Å². The molecule has 0 aromatic heterocycles. The third-order valence-electron chi connectivity index (χ3n) is 7.31. The molecular formula is C34H38N4O6. The number of unbranched alkanes of at least 4 members (excludes halogenated alkanes) is 1. The fraction of sp³-hybridized carbons (Fsp3) is 0.324. The summed E-state index contributed by atoms with van der Waals surface area (Å²) in [7, 11) is 0.